The van der Waals surface area contributed by atoms with E-state index in [9.17, 15) is 18.3 Å². The molecule has 2 aliphatic heterocycles. The number of aromatic nitrogens is 1. The fourth-order valence-corrected chi connectivity index (χ4v) is 6.87. The van der Waals surface area contributed by atoms with Crippen LogP contribution in [0.4, 0.5) is 0 Å². The SMILES string of the molecule is CS(=O)(=O)N1CCC(CN2CCc3ccc(C#Cc4cccc(C(=O)O)c4-c4ccc5cc[nH]c5c4)cc3C2)C1. The highest BCUT2D eigenvalue weighted by Crippen LogP contribution is 2.31. The fourth-order valence-electron chi connectivity index (χ4n) is 5.95. The van der Waals surface area contributed by atoms with Crippen LogP contribution in [-0.2, 0) is 23.0 Å². The van der Waals surface area contributed by atoms with Gasteiger partial charge in [0.15, 0.2) is 0 Å². The van der Waals surface area contributed by atoms with Crippen LogP contribution in [0.15, 0.2) is 66.9 Å². The summed E-state index contributed by atoms with van der Waals surface area (Å²) in [5.41, 5.74) is 6.70. The summed E-state index contributed by atoms with van der Waals surface area (Å²) in [6, 6.07) is 19.4. The number of rotatable bonds is 5. The van der Waals surface area contributed by atoms with E-state index in [1.165, 1.54) is 17.4 Å². The van der Waals surface area contributed by atoms with Crippen LogP contribution in [0.3, 0.4) is 0 Å². The van der Waals surface area contributed by atoms with Crippen molar-refractivity contribution in [2.24, 2.45) is 5.92 Å². The number of carbonyl (C=O) groups is 1. The van der Waals surface area contributed by atoms with E-state index in [-0.39, 0.29) is 5.56 Å². The summed E-state index contributed by atoms with van der Waals surface area (Å²) in [6.07, 6.45) is 5.01. The minimum atomic E-state index is -3.13. The largest absolute Gasteiger partial charge is 0.478 e. The molecule has 2 N–H and O–H groups in total. The summed E-state index contributed by atoms with van der Waals surface area (Å²) in [6.45, 7) is 3.87. The van der Waals surface area contributed by atoms with E-state index in [1.54, 1.807) is 16.4 Å². The molecule has 2 aliphatic rings. The van der Waals surface area contributed by atoms with Gasteiger partial charge in [-0.2, -0.15) is 0 Å². The minimum absolute atomic E-state index is 0.222. The second-order valence-corrected chi connectivity index (χ2v) is 12.8. The van der Waals surface area contributed by atoms with E-state index in [0.717, 1.165) is 54.5 Å². The predicted molar refractivity (Wildman–Crippen MR) is 157 cm³/mol. The van der Waals surface area contributed by atoms with Crippen molar-refractivity contribution in [1.29, 1.82) is 0 Å². The second kappa shape index (κ2) is 10.6. The zero-order valence-corrected chi connectivity index (χ0v) is 23.2. The van der Waals surface area contributed by atoms with Gasteiger partial charge in [0.1, 0.15) is 0 Å². The maximum absolute atomic E-state index is 12.1. The molecule has 0 aliphatic carbocycles. The maximum atomic E-state index is 12.1. The molecule has 4 aromatic rings. The number of benzene rings is 3. The molecule has 40 heavy (non-hydrogen) atoms. The highest BCUT2D eigenvalue weighted by molar-refractivity contribution is 7.88. The van der Waals surface area contributed by atoms with Gasteiger partial charge in [-0.25, -0.2) is 17.5 Å². The highest BCUT2D eigenvalue weighted by Gasteiger charge is 2.30. The van der Waals surface area contributed by atoms with E-state index in [1.807, 2.05) is 42.6 Å². The number of carboxylic acid groups (broad SMARTS) is 1. The van der Waals surface area contributed by atoms with Crippen molar-refractivity contribution in [2.75, 3.05) is 32.4 Å². The Hall–Kier alpha value is -3.90. The van der Waals surface area contributed by atoms with Gasteiger partial charge in [0.2, 0.25) is 10.0 Å². The normalized spacial score (nSPS) is 17.9. The fraction of sp³-hybridized carbons (Fsp3) is 0.281. The zero-order chi connectivity index (χ0) is 27.9. The van der Waals surface area contributed by atoms with Gasteiger partial charge in [0.25, 0.3) is 0 Å². The Balaban J connectivity index is 1.25. The molecule has 8 heteroatoms. The first kappa shape index (κ1) is 26.3. The van der Waals surface area contributed by atoms with Gasteiger partial charge in [-0.15, -0.1) is 0 Å². The van der Waals surface area contributed by atoms with Crippen LogP contribution in [0.1, 0.15) is 39.0 Å². The van der Waals surface area contributed by atoms with Crippen molar-refractivity contribution < 1.29 is 18.3 Å². The van der Waals surface area contributed by atoms with Crippen LogP contribution in [0, 0.1) is 17.8 Å². The number of hydrogen-bond donors (Lipinski definition) is 2. The first-order valence-corrected chi connectivity index (χ1v) is 15.3. The van der Waals surface area contributed by atoms with Crippen LogP contribution in [-0.4, -0.2) is 66.1 Å². The number of fused-ring (bicyclic) bond motifs is 2. The van der Waals surface area contributed by atoms with Crippen molar-refractivity contribution in [3.63, 3.8) is 0 Å². The van der Waals surface area contributed by atoms with Crippen molar-refractivity contribution in [2.45, 2.75) is 19.4 Å². The van der Waals surface area contributed by atoms with Gasteiger partial charge in [-0.3, -0.25) is 4.90 Å². The average molecular weight is 554 g/mol. The molecule has 0 bridgehead atoms. The van der Waals surface area contributed by atoms with Crippen molar-refractivity contribution in [3.05, 3.63) is 94.7 Å². The molecule has 1 saturated heterocycles. The standard InChI is InChI=1S/C32H31N3O4S/c1-40(38,39)35-16-12-23(20-35)19-34-15-13-24-7-5-22(17-28(24)21-34)6-8-26-3-2-4-29(32(36)37)31(26)27-10-9-25-11-14-33-30(25)18-27/h2-5,7,9-11,14,17-18,23,33H,12-13,15-16,19-21H2,1H3,(H,36,37). The summed E-state index contributed by atoms with van der Waals surface area (Å²) in [5, 5.41) is 11.0. The summed E-state index contributed by atoms with van der Waals surface area (Å²) in [5.74, 6) is 5.91. The number of aromatic amines is 1. The predicted octanol–water partition coefficient (Wildman–Crippen LogP) is 4.57. The Labute approximate surface area is 234 Å². The molecule has 0 saturated carbocycles. The van der Waals surface area contributed by atoms with Gasteiger partial charge in [0, 0.05) is 61.1 Å². The highest BCUT2D eigenvalue weighted by atomic mass is 32.2. The molecule has 3 heterocycles. The Morgan fingerprint density at radius 2 is 1.93 bits per heavy atom. The van der Waals surface area contributed by atoms with Gasteiger partial charge in [-0.1, -0.05) is 36.1 Å². The number of aromatic carboxylic acids is 1. The van der Waals surface area contributed by atoms with Gasteiger partial charge >= 0.3 is 5.97 Å². The number of nitrogens with zero attached hydrogens (tertiary/aromatic N) is 2. The van der Waals surface area contributed by atoms with E-state index in [0.29, 0.717) is 30.1 Å². The van der Waals surface area contributed by atoms with E-state index in [4.69, 9.17) is 0 Å². The smallest absolute Gasteiger partial charge is 0.336 e. The minimum Gasteiger partial charge on any atom is -0.478 e. The third-order valence-corrected chi connectivity index (χ3v) is 9.28. The Morgan fingerprint density at radius 1 is 1.05 bits per heavy atom. The van der Waals surface area contributed by atoms with E-state index >= 15 is 0 Å². The van der Waals surface area contributed by atoms with Crippen LogP contribution in [0.5, 0.6) is 0 Å². The van der Waals surface area contributed by atoms with E-state index < -0.39 is 16.0 Å². The quantitative estimate of drug-likeness (QED) is 0.353. The molecule has 0 radical (unpaired) electrons. The second-order valence-electron chi connectivity index (χ2n) is 10.8. The molecule has 204 valence electrons. The van der Waals surface area contributed by atoms with Crippen LogP contribution in [0.2, 0.25) is 0 Å². The molecular formula is C32H31N3O4S. The van der Waals surface area contributed by atoms with Crippen LogP contribution < -0.4 is 0 Å². The molecule has 0 spiro atoms. The molecule has 1 fully saturated rings. The van der Waals surface area contributed by atoms with Crippen molar-refractivity contribution in [3.8, 4) is 23.0 Å². The monoisotopic (exact) mass is 553 g/mol. The molecular weight excluding hydrogens is 522 g/mol. The number of nitrogens with one attached hydrogen (secondary N) is 1. The molecule has 7 nitrogen and oxygen atoms in total. The Morgan fingerprint density at radius 3 is 2.73 bits per heavy atom. The maximum Gasteiger partial charge on any atom is 0.336 e. The van der Waals surface area contributed by atoms with Gasteiger partial charge < -0.3 is 10.1 Å². The lowest BCUT2D eigenvalue weighted by molar-refractivity contribution is 0.0697. The summed E-state index contributed by atoms with van der Waals surface area (Å²) >= 11 is 0. The van der Waals surface area contributed by atoms with Crippen LogP contribution >= 0.6 is 0 Å². The third-order valence-electron chi connectivity index (χ3n) is 8.01. The molecule has 6 rings (SSSR count). The molecule has 1 unspecified atom stereocenters. The third kappa shape index (κ3) is 5.41. The number of hydrogen-bond acceptors (Lipinski definition) is 4. The first-order chi connectivity index (χ1) is 19.2. The summed E-state index contributed by atoms with van der Waals surface area (Å²) in [7, 11) is -3.13. The Bertz CT molecular complexity index is 1780. The number of H-pyrrole nitrogens is 1. The van der Waals surface area contributed by atoms with E-state index in [2.05, 4.69) is 33.9 Å². The average Bonchev–Trinajstić information content (AvgIpc) is 3.61. The van der Waals surface area contributed by atoms with Crippen molar-refractivity contribution >= 4 is 26.9 Å². The zero-order valence-electron chi connectivity index (χ0n) is 22.4. The van der Waals surface area contributed by atoms with Gasteiger partial charge in [-0.05, 0) is 77.2 Å². The van der Waals surface area contributed by atoms with Gasteiger partial charge in [0.05, 0.1) is 11.8 Å². The number of carboxylic acids is 1. The number of sulfonamides is 1. The molecule has 1 atom stereocenters. The molecule has 0 amide bonds. The molecule has 3 aromatic carbocycles. The van der Waals surface area contributed by atoms with Crippen molar-refractivity contribution in [1.82, 2.24) is 14.2 Å². The first-order valence-electron chi connectivity index (χ1n) is 13.5. The lowest BCUT2D eigenvalue weighted by atomic mass is 9.93. The van der Waals surface area contributed by atoms with Crippen LogP contribution in [0.25, 0.3) is 22.0 Å². The topological polar surface area (TPSA) is 93.7 Å². The summed E-state index contributed by atoms with van der Waals surface area (Å²) in [4.78, 5) is 17.7. The Kier molecular flexibility index (Phi) is 6.97. The lowest BCUT2D eigenvalue weighted by Crippen LogP contribution is -2.36. The lowest BCUT2D eigenvalue weighted by Gasteiger charge is -2.31. The summed E-state index contributed by atoms with van der Waals surface area (Å²) < 4.78 is 25.4. The molecule has 1 aromatic heterocycles.